The first-order valence-corrected chi connectivity index (χ1v) is 9.83. The molecule has 4 rings (SSSR count). The maximum Gasteiger partial charge on any atom is 0.282 e. The first-order chi connectivity index (χ1) is 14.9. The van der Waals surface area contributed by atoms with Crippen LogP contribution in [0.15, 0.2) is 72.4 Å². The highest BCUT2D eigenvalue weighted by Crippen LogP contribution is 2.36. The van der Waals surface area contributed by atoms with Gasteiger partial charge in [0.05, 0.1) is 18.4 Å². The molecule has 3 aromatic rings. The van der Waals surface area contributed by atoms with E-state index in [0.29, 0.717) is 33.3 Å². The lowest BCUT2D eigenvalue weighted by molar-refractivity contribution is -0.120. The summed E-state index contributed by atoms with van der Waals surface area (Å²) in [5, 5.41) is 3.34. The van der Waals surface area contributed by atoms with Gasteiger partial charge < -0.3 is 10.1 Å². The summed E-state index contributed by atoms with van der Waals surface area (Å²) >= 11 is 6.13. The Balaban J connectivity index is 1.85. The molecular weight excluding hydrogens is 419 g/mol. The molecule has 0 aliphatic carbocycles. The average molecular weight is 437 g/mol. The van der Waals surface area contributed by atoms with Gasteiger partial charge in [-0.05, 0) is 60.5 Å². The van der Waals surface area contributed by atoms with Gasteiger partial charge in [0.2, 0.25) is 0 Å². The van der Waals surface area contributed by atoms with Gasteiger partial charge in [0.25, 0.3) is 11.8 Å². The molecule has 1 aliphatic heterocycles. The van der Waals surface area contributed by atoms with E-state index < -0.39 is 17.6 Å². The van der Waals surface area contributed by atoms with Crippen LogP contribution in [0.5, 0.6) is 5.75 Å². The molecule has 5 nitrogen and oxygen atoms in total. The summed E-state index contributed by atoms with van der Waals surface area (Å²) in [6.07, 6.45) is 0. The van der Waals surface area contributed by atoms with Crippen LogP contribution in [0.3, 0.4) is 0 Å². The molecule has 1 heterocycles. The topological polar surface area (TPSA) is 58.6 Å². The molecule has 0 spiro atoms. The van der Waals surface area contributed by atoms with Crippen LogP contribution in [0.25, 0.3) is 5.57 Å². The summed E-state index contributed by atoms with van der Waals surface area (Å²) in [6, 6.07) is 17.5. The van der Waals surface area contributed by atoms with Crippen LogP contribution in [-0.4, -0.2) is 18.9 Å². The molecule has 31 heavy (non-hydrogen) atoms. The summed E-state index contributed by atoms with van der Waals surface area (Å²) < 4.78 is 18.9. The first kappa shape index (κ1) is 20.6. The fourth-order valence-electron chi connectivity index (χ4n) is 3.42. The number of methoxy groups -OCH3 is 1. The molecule has 0 aromatic heterocycles. The van der Waals surface area contributed by atoms with Gasteiger partial charge in [-0.25, -0.2) is 9.29 Å². The van der Waals surface area contributed by atoms with Crippen LogP contribution in [0.2, 0.25) is 5.02 Å². The zero-order valence-corrected chi connectivity index (χ0v) is 17.5. The number of rotatable bonds is 5. The third kappa shape index (κ3) is 3.90. The molecule has 0 bridgehead atoms. The smallest absolute Gasteiger partial charge is 0.282 e. The van der Waals surface area contributed by atoms with Gasteiger partial charge >= 0.3 is 0 Å². The Bertz CT molecular complexity index is 1220. The molecule has 1 N–H and O–H groups in total. The van der Waals surface area contributed by atoms with Gasteiger partial charge in [-0.2, -0.15) is 0 Å². The van der Waals surface area contributed by atoms with Crippen molar-refractivity contribution in [2.45, 2.75) is 6.92 Å². The Morgan fingerprint density at radius 1 is 0.968 bits per heavy atom. The number of nitrogens with one attached hydrogen (secondary N) is 1. The average Bonchev–Trinajstić information content (AvgIpc) is 2.99. The minimum atomic E-state index is -0.551. The van der Waals surface area contributed by atoms with Gasteiger partial charge in [-0.1, -0.05) is 35.9 Å². The monoisotopic (exact) mass is 436 g/mol. The molecule has 0 saturated carbocycles. The number of hydrogen-bond acceptors (Lipinski definition) is 4. The van der Waals surface area contributed by atoms with E-state index in [1.54, 1.807) is 62.6 Å². The number of amides is 2. The number of aryl methyl sites for hydroxylation is 1. The van der Waals surface area contributed by atoms with Crippen molar-refractivity contribution in [2.24, 2.45) is 0 Å². The molecule has 2 amide bonds. The predicted octanol–water partition coefficient (Wildman–Crippen LogP) is 5.19. The lowest BCUT2D eigenvalue weighted by Gasteiger charge is -2.18. The van der Waals surface area contributed by atoms with E-state index in [2.05, 4.69) is 5.32 Å². The van der Waals surface area contributed by atoms with E-state index in [0.717, 1.165) is 4.90 Å². The van der Waals surface area contributed by atoms with Gasteiger partial charge in [0, 0.05) is 10.7 Å². The number of benzene rings is 3. The van der Waals surface area contributed by atoms with Crippen LogP contribution in [-0.2, 0) is 9.59 Å². The zero-order chi connectivity index (χ0) is 22.1. The standard InChI is InChI=1S/C24H18ClFN2O3/c1-14-6-9-16(25)12-20(14)28-23(29)21(15-7-10-19(31-2)11-8-15)22(24(28)30)27-18-5-3-4-17(26)13-18/h3-13,27H,1-2H3. The zero-order valence-electron chi connectivity index (χ0n) is 16.8. The number of carbonyl (C=O) groups is 2. The second-order valence-electron chi connectivity index (χ2n) is 6.99. The number of anilines is 2. The Kier molecular flexibility index (Phi) is 5.48. The van der Waals surface area contributed by atoms with Crippen molar-refractivity contribution in [2.75, 3.05) is 17.3 Å². The fraction of sp³-hybridized carbons (Fsp3) is 0.0833. The lowest BCUT2D eigenvalue weighted by Crippen LogP contribution is -2.33. The Labute approximate surface area is 183 Å². The van der Waals surface area contributed by atoms with Crippen molar-refractivity contribution in [1.29, 1.82) is 0 Å². The molecule has 156 valence electrons. The SMILES string of the molecule is COc1ccc(C2=C(Nc3cccc(F)c3)C(=O)N(c3cc(Cl)ccc3C)C2=O)cc1. The van der Waals surface area contributed by atoms with E-state index in [9.17, 15) is 14.0 Å². The van der Waals surface area contributed by atoms with E-state index in [4.69, 9.17) is 16.3 Å². The highest BCUT2D eigenvalue weighted by atomic mass is 35.5. The summed E-state index contributed by atoms with van der Waals surface area (Å²) in [6.45, 7) is 1.79. The van der Waals surface area contributed by atoms with Gasteiger partial charge in [-0.3, -0.25) is 9.59 Å². The van der Waals surface area contributed by atoms with Crippen molar-refractivity contribution >= 4 is 40.4 Å². The Hall–Kier alpha value is -3.64. The predicted molar refractivity (Wildman–Crippen MR) is 119 cm³/mol. The molecule has 3 aromatic carbocycles. The van der Waals surface area contributed by atoms with Gasteiger partial charge in [0.15, 0.2) is 0 Å². The van der Waals surface area contributed by atoms with Crippen molar-refractivity contribution in [3.63, 3.8) is 0 Å². The van der Waals surface area contributed by atoms with Crippen molar-refractivity contribution < 1.29 is 18.7 Å². The first-order valence-electron chi connectivity index (χ1n) is 9.45. The van der Waals surface area contributed by atoms with Gasteiger partial charge in [0.1, 0.15) is 17.3 Å². The Morgan fingerprint density at radius 2 is 1.71 bits per heavy atom. The summed E-state index contributed by atoms with van der Waals surface area (Å²) in [5.41, 5.74) is 2.22. The fourth-order valence-corrected chi connectivity index (χ4v) is 3.59. The highest BCUT2D eigenvalue weighted by Gasteiger charge is 2.41. The largest absolute Gasteiger partial charge is 0.497 e. The number of hydrogen-bond donors (Lipinski definition) is 1. The number of imide groups is 1. The highest BCUT2D eigenvalue weighted by molar-refractivity contribution is 6.46. The molecular formula is C24H18ClFN2O3. The second kappa shape index (κ2) is 8.24. The summed E-state index contributed by atoms with van der Waals surface area (Å²) in [4.78, 5) is 27.9. The van der Waals surface area contributed by atoms with E-state index in [1.807, 2.05) is 0 Å². The van der Waals surface area contributed by atoms with Crippen molar-refractivity contribution in [1.82, 2.24) is 0 Å². The molecule has 7 heteroatoms. The number of nitrogens with zero attached hydrogens (tertiary/aromatic N) is 1. The molecule has 0 fully saturated rings. The molecule has 0 atom stereocenters. The molecule has 0 saturated heterocycles. The van der Waals surface area contributed by atoms with Crippen LogP contribution in [0.4, 0.5) is 15.8 Å². The van der Waals surface area contributed by atoms with E-state index >= 15 is 0 Å². The Morgan fingerprint density at radius 3 is 2.39 bits per heavy atom. The lowest BCUT2D eigenvalue weighted by atomic mass is 10.0. The minimum Gasteiger partial charge on any atom is -0.497 e. The number of carbonyl (C=O) groups excluding carboxylic acids is 2. The van der Waals surface area contributed by atoms with Gasteiger partial charge in [-0.15, -0.1) is 0 Å². The molecule has 1 aliphatic rings. The van der Waals surface area contributed by atoms with Crippen LogP contribution >= 0.6 is 11.6 Å². The summed E-state index contributed by atoms with van der Waals surface area (Å²) in [5.74, 6) is -0.899. The summed E-state index contributed by atoms with van der Waals surface area (Å²) in [7, 11) is 1.54. The van der Waals surface area contributed by atoms with E-state index in [-0.39, 0.29) is 11.3 Å². The number of halogens is 2. The van der Waals surface area contributed by atoms with Crippen molar-refractivity contribution in [3.05, 3.63) is 94.4 Å². The third-order valence-electron chi connectivity index (χ3n) is 4.97. The van der Waals surface area contributed by atoms with E-state index in [1.165, 1.54) is 18.2 Å². The van der Waals surface area contributed by atoms with Crippen LogP contribution < -0.4 is 15.0 Å². The van der Waals surface area contributed by atoms with Crippen LogP contribution in [0.1, 0.15) is 11.1 Å². The molecule has 0 radical (unpaired) electrons. The second-order valence-corrected chi connectivity index (χ2v) is 7.43. The maximum atomic E-state index is 13.7. The third-order valence-corrected chi connectivity index (χ3v) is 5.20. The minimum absolute atomic E-state index is 0.0557. The van der Waals surface area contributed by atoms with Crippen molar-refractivity contribution in [3.8, 4) is 5.75 Å². The quantitative estimate of drug-likeness (QED) is 0.559. The normalized spacial score (nSPS) is 13.7. The van der Waals surface area contributed by atoms with Crippen LogP contribution in [0, 0.1) is 12.7 Å². The number of ether oxygens (including phenoxy) is 1. The molecule has 0 unspecified atom stereocenters. The maximum absolute atomic E-state index is 13.7.